The van der Waals surface area contributed by atoms with E-state index in [1.54, 1.807) is 11.8 Å². The Morgan fingerprint density at radius 2 is 2.05 bits per heavy atom. The monoisotopic (exact) mass is 375 g/mol. The van der Waals surface area contributed by atoms with Crippen LogP contribution in [0, 0.1) is 0 Å². The molecule has 0 bridgehead atoms. The average Bonchev–Trinajstić information content (AvgIpc) is 2.45. The number of ether oxygens (including phenoxy) is 1. The first kappa shape index (κ1) is 18.0. The first-order valence-corrected chi connectivity index (χ1v) is 8.20. The Morgan fingerprint density at radius 3 is 2.62 bits per heavy atom. The maximum absolute atomic E-state index is 11.7. The van der Waals surface area contributed by atoms with Crippen LogP contribution in [0.5, 0.6) is 0 Å². The van der Waals surface area contributed by atoms with E-state index in [0.717, 1.165) is 9.37 Å². The number of thioether (sulfide) groups is 1. The molecule has 116 valence electrons. The summed E-state index contributed by atoms with van der Waals surface area (Å²) in [4.78, 5) is 23.8. The Kier molecular flexibility index (Phi) is 8.41. The zero-order valence-corrected chi connectivity index (χ0v) is 14.1. The van der Waals surface area contributed by atoms with Gasteiger partial charge in [0, 0.05) is 41.7 Å². The Balaban J connectivity index is 2.32. The molecule has 1 aromatic carbocycles. The maximum Gasteiger partial charge on any atom is 0.326 e. The van der Waals surface area contributed by atoms with E-state index >= 15 is 0 Å². The lowest BCUT2D eigenvalue weighted by atomic mass is 10.2. The summed E-state index contributed by atoms with van der Waals surface area (Å²) in [7, 11) is 1.50. The molecule has 0 spiro atoms. The highest BCUT2D eigenvalue weighted by molar-refractivity contribution is 9.10. The first-order chi connectivity index (χ1) is 10.0. The molecule has 21 heavy (non-hydrogen) atoms. The summed E-state index contributed by atoms with van der Waals surface area (Å²) in [6.07, 6.45) is 0.537. The van der Waals surface area contributed by atoms with E-state index in [4.69, 9.17) is 9.84 Å². The molecular weight excluding hydrogens is 358 g/mol. The lowest BCUT2D eigenvalue weighted by Gasteiger charge is -2.13. The third-order valence-corrected chi connectivity index (χ3v) is 4.20. The molecule has 5 nitrogen and oxygen atoms in total. The van der Waals surface area contributed by atoms with Crippen LogP contribution in [-0.4, -0.2) is 42.5 Å². The van der Waals surface area contributed by atoms with Crippen molar-refractivity contribution in [1.29, 1.82) is 0 Å². The molecular formula is C14H18BrNO4S. The van der Waals surface area contributed by atoms with E-state index in [2.05, 4.69) is 21.2 Å². The second-order valence-electron chi connectivity index (χ2n) is 4.29. The van der Waals surface area contributed by atoms with Gasteiger partial charge in [-0.15, -0.1) is 11.8 Å². The van der Waals surface area contributed by atoms with Gasteiger partial charge >= 0.3 is 5.97 Å². The minimum Gasteiger partial charge on any atom is -0.480 e. The van der Waals surface area contributed by atoms with Gasteiger partial charge in [-0.25, -0.2) is 4.79 Å². The fourth-order valence-electron chi connectivity index (χ4n) is 1.55. The molecule has 1 amide bonds. The zero-order chi connectivity index (χ0) is 15.7. The van der Waals surface area contributed by atoms with E-state index in [-0.39, 0.29) is 18.7 Å². The number of hydrogen-bond acceptors (Lipinski definition) is 4. The van der Waals surface area contributed by atoms with Gasteiger partial charge in [-0.3, -0.25) is 4.79 Å². The lowest BCUT2D eigenvalue weighted by Crippen LogP contribution is -2.41. The van der Waals surface area contributed by atoms with Crippen LogP contribution in [0.3, 0.4) is 0 Å². The number of amides is 1. The van der Waals surface area contributed by atoms with E-state index in [1.165, 1.54) is 7.11 Å². The smallest absolute Gasteiger partial charge is 0.326 e. The average molecular weight is 376 g/mol. The van der Waals surface area contributed by atoms with Gasteiger partial charge in [0.1, 0.15) is 6.04 Å². The van der Waals surface area contributed by atoms with Crippen molar-refractivity contribution in [2.24, 2.45) is 0 Å². The summed E-state index contributed by atoms with van der Waals surface area (Å²) in [5.41, 5.74) is 0. The topological polar surface area (TPSA) is 75.6 Å². The number of benzene rings is 1. The molecule has 0 saturated carbocycles. The number of methoxy groups -OCH3 is 1. The minimum atomic E-state index is -1.04. The van der Waals surface area contributed by atoms with Gasteiger partial charge < -0.3 is 15.2 Å². The van der Waals surface area contributed by atoms with Crippen LogP contribution in [0.2, 0.25) is 0 Å². The molecule has 0 heterocycles. The highest BCUT2D eigenvalue weighted by atomic mass is 79.9. The molecule has 0 aliphatic rings. The summed E-state index contributed by atoms with van der Waals surface area (Å²) in [5.74, 6) is -0.701. The number of carboxylic acid groups (broad SMARTS) is 1. The summed E-state index contributed by atoms with van der Waals surface area (Å²) in [6.45, 7) is 0.297. The molecule has 1 unspecified atom stereocenters. The summed E-state index contributed by atoms with van der Waals surface area (Å²) >= 11 is 4.92. The van der Waals surface area contributed by atoms with Gasteiger partial charge in [-0.1, -0.05) is 15.9 Å². The molecule has 2 N–H and O–H groups in total. The maximum atomic E-state index is 11.7. The summed E-state index contributed by atoms with van der Waals surface area (Å²) < 4.78 is 5.84. The van der Waals surface area contributed by atoms with Crippen LogP contribution < -0.4 is 5.32 Å². The van der Waals surface area contributed by atoms with Gasteiger partial charge in [0.15, 0.2) is 0 Å². The van der Waals surface area contributed by atoms with Crippen LogP contribution in [-0.2, 0) is 14.3 Å². The van der Waals surface area contributed by atoms with Crippen molar-refractivity contribution in [2.75, 3.05) is 19.5 Å². The van der Waals surface area contributed by atoms with Gasteiger partial charge in [0.25, 0.3) is 0 Å². The molecule has 0 saturated heterocycles. The van der Waals surface area contributed by atoms with E-state index in [1.807, 2.05) is 24.3 Å². The molecule has 1 rings (SSSR count). The number of carbonyl (C=O) groups excluding carboxylic acids is 1. The molecule has 1 atom stereocenters. The summed E-state index contributed by atoms with van der Waals surface area (Å²) in [5, 5.41) is 11.5. The van der Waals surface area contributed by atoms with Gasteiger partial charge in [-0.2, -0.15) is 0 Å². The SMILES string of the molecule is COCCC(NC(=O)CCSc1ccc(Br)cc1)C(=O)O. The van der Waals surface area contributed by atoms with E-state index in [0.29, 0.717) is 12.4 Å². The number of nitrogens with one attached hydrogen (secondary N) is 1. The molecule has 0 radical (unpaired) electrons. The largest absolute Gasteiger partial charge is 0.480 e. The third kappa shape index (κ3) is 7.50. The Hall–Kier alpha value is -1.05. The fraction of sp³-hybridized carbons (Fsp3) is 0.429. The second kappa shape index (κ2) is 9.81. The standard InChI is InChI=1S/C14H18BrNO4S/c1-20-8-6-12(14(18)19)16-13(17)7-9-21-11-4-2-10(15)3-5-11/h2-5,12H,6-9H2,1H3,(H,16,17)(H,18,19). The normalized spacial score (nSPS) is 11.9. The van der Waals surface area contributed by atoms with Crippen LogP contribution in [0.15, 0.2) is 33.6 Å². The van der Waals surface area contributed by atoms with Gasteiger partial charge in [0.2, 0.25) is 5.91 Å². The number of rotatable bonds is 9. The van der Waals surface area contributed by atoms with Crippen molar-refractivity contribution in [3.63, 3.8) is 0 Å². The molecule has 0 aliphatic carbocycles. The second-order valence-corrected chi connectivity index (χ2v) is 6.38. The molecule has 1 aromatic rings. The third-order valence-electron chi connectivity index (χ3n) is 2.66. The minimum absolute atomic E-state index is 0.261. The number of halogens is 1. The van der Waals surface area contributed by atoms with E-state index < -0.39 is 12.0 Å². The van der Waals surface area contributed by atoms with Crippen molar-refractivity contribution in [2.45, 2.75) is 23.8 Å². The molecule has 0 aliphatic heterocycles. The predicted octanol–water partition coefficient (Wildman–Crippen LogP) is 2.54. The first-order valence-electron chi connectivity index (χ1n) is 6.42. The van der Waals surface area contributed by atoms with E-state index in [9.17, 15) is 9.59 Å². The van der Waals surface area contributed by atoms with Crippen molar-refractivity contribution in [3.8, 4) is 0 Å². The highest BCUT2D eigenvalue weighted by Crippen LogP contribution is 2.21. The van der Waals surface area contributed by atoms with Gasteiger partial charge in [0.05, 0.1) is 0 Å². The molecule has 0 aromatic heterocycles. The van der Waals surface area contributed by atoms with Crippen LogP contribution in [0.1, 0.15) is 12.8 Å². The molecule has 0 fully saturated rings. The summed E-state index contributed by atoms with van der Waals surface area (Å²) in [6, 6.07) is 6.91. The lowest BCUT2D eigenvalue weighted by molar-refractivity contribution is -0.142. The fourth-order valence-corrected chi connectivity index (χ4v) is 2.67. The van der Waals surface area contributed by atoms with Crippen molar-refractivity contribution < 1.29 is 19.4 Å². The number of hydrogen-bond donors (Lipinski definition) is 2. The van der Waals surface area contributed by atoms with Crippen LogP contribution in [0.25, 0.3) is 0 Å². The van der Waals surface area contributed by atoms with Crippen molar-refractivity contribution in [3.05, 3.63) is 28.7 Å². The Bertz CT molecular complexity index is 467. The predicted molar refractivity (Wildman–Crippen MR) is 85.5 cm³/mol. The van der Waals surface area contributed by atoms with Crippen LogP contribution in [0.4, 0.5) is 0 Å². The quantitative estimate of drug-likeness (QED) is 0.648. The van der Waals surface area contributed by atoms with Crippen LogP contribution >= 0.6 is 27.7 Å². The van der Waals surface area contributed by atoms with Gasteiger partial charge in [-0.05, 0) is 24.3 Å². The zero-order valence-electron chi connectivity index (χ0n) is 11.7. The number of carboxylic acids is 1. The molecule has 7 heteroatoms. The Morgan fingerprint density at radius 1 is 1.38 bits per heavy atom. The Labute approximate surface area is 136 Å². The number of carbonyl (C=O) groups is 2. The highest BCUT2D eigenvalue weighted by Gasteiger charge is 2.19. The van der Waals surface area contributed by atoms with Crippen molar-refractivity contribution >= 4 is 39.6 Å². The number of aliphatic carboxylic acids is 1. The van der Waals surface area contributed by atoms with Crippen molar-refractivity contribution in [1.82, 2.24) is 5.32 Å².